The number of rotatable bonds is 0. The van der Waals surface area contributed by atoms with Crippen LogP contribution in [0.25, 0.3) is 0 Å². The van der Waals surface area contributed by atoms with Gasteiger partial charge in [0.25, 0.3) is 23.6 Å². The van der Waals surface area contributed by atoms with Gasteiger partial charge < -0.3 is 21.3 Å². The molecule has 4 amide bonds. The summed E-state index contributed by atoms with van der Waals surface area (Å²) in [4.78, 5) is 60.4. The fourth-order valence-electron chi connectivity index (χ4n) is 4.48. The van der Waals surface area contributed by atoms with E-state index < -0.39 is 23.6 Å². The normalized spacial score (nSPS) is 14.3. The molecule has 0 radical (unpaired) electrons. The van der Waals surface area contributed by atoms with E-state index in [-0.39, 0.29) is 111 Å². The molecule has 248 valence electrons. The Balaban J connectivity index is 1.53. The first kappa shape index (κ1) is 36.2. The van der Waals surface area contributed by atoms with Crippen molar-refractivity contribution < 1.29 is 19.2 Å². The highest BCUT2D eigenvalue weighted by atomic mass is 35.5. The van der Waals surface area contributed by atoms with Gasteiger partial charge in [-0.3, -0.25) is 19.2 Å². The fourth-order valence-corrected chi connectivity index (χ4v) is 6.87. The highest BCUT2D eigenvalue weighted by Gasteiger charge is 2.24. The van der Waals surface area contributed by atoms with Crippen LogP contribution in [-0.4, -0.2) is 33.6 Å². The van der Waals surface area contributed by atoms with E-state index in [4.69, 9.17) is 92.8 Å². The summed E-state index contributed by atoms with van der Waals surface area (Å²) in [7, 11) is 0. The molecule has 10 nitrogen and oxygen atoms in total. The summed E-state index contributed by atoms with van der Waals surface area (Å²) in [6, 6.07) is 8.50. The first-order valence-corrected chi connectivity index (χ1v) is 16.6. The van der Waals surface area contributed by atoms with Gasteiger partial charge in [0.15, 0.2) is 0 Å². The van der Waals surface area contributed by atoms with Crippen LogP contribution in [0.2, 0.25) is 40.2 Å². The van der Waals surface area contributed by atoms with Gasteiger partial charge in [0.2, 0.25) is 0 Å². The van der Waals surface area contributed by atoms with Crippen molar-refractivity contribution in [1.82, 2.24) is 31.2 Å². The quantitative estimate of drug-likeness (QED) is 0.134. The van der Waals surface area contributed by atoms with Crippen LogP contribution in [-0.2, 0) is 26.2 Å². The van der Waals surface area contributed by atoms with Crippen molar-refractivity contribution in [2.45, 2.75) is 26.2 Å². The van der Waals surface area contributed by atoms with Crippen molar-refractivity contribution in [2.24, 2.45) is 0 Å². The number of hydrogen-bond donors (Lipinski definition) is 4. The number of halogens is 8. The van der Waals surface area contributed by atoms with Gasteiger partial charge in [0.1, 0.15) is 22.8 Å². The van der Waals surface area contributed by atoms with Crippen LogP contribution in [0.3, 0.4) is 0 Å². The van der Waals surface area contributed by atoms with Gasteiger partial charge in [-0.2, -0.15) is 0 Å². The van der Waals surface area contributed by atoms with E-state index in [1.54, 1.807) is 0 Å². The fraction of sp³-hybridized carbons (Fsp3) is 0.133. The number of carbonyl (C=O) groups is 4. The van der Waals surface area contributed by atoms with Gasteiger partial charge in [-0.1, -0.05) is 105 Å². The minimum atomic E-state index is -0.663. The SMILES string of the molecule is O=C1NCc2c(Cl)c(Cl)c(c(Cl)c2Cl)CNC(=O)c2cccc(n2)C(=O)NCc2c(Cl)c(Cl)c(c(Cl)c2Cl)CNC(=O)c2cccc1n2. The zero-order chi connectivity index (χ0) is 34.9. The van der Waals surface area contributed by atoms with Crippen molar-refractivity contribution in [3.05, 3.63) is 122 Å². The van der Waals surface area contributed by atoms with Crippen LogP contribution < -0.4 is 21.3 Å². The van der Waals surface area contributed by atoms with Crippen molar-refractivity contribution in [1.29, 1.82) is 0 Å². The second-order valence-corrected chi connectivity index (χ2v) is 13.0. The number of nitrogens with one attached hydrogen (secondary N) is 4. The molecule has 4 aliphatic heterocycles. The highest BCUT2D eigenvalue weighted by molar-refractivity contribution is 6.50. The van der Waals surface area contributed by atoms with Crippen molar-refractivity contribution in [2.75, 3.05) is 0 Å². The Morgan fingerprint density at radius 3 is 0.750 bits per heavy atom. The topological polar surface area (TPSA) is 142 Å². The molecule has 8 rings (SSSR count). The largest absolute Gasteiger partial charge is 0.347 e. The minimum absolute atomic E-state index is 0.0137. The number of nitrogens with zero attached hydrogens (tertiary/aromatic N) is 2. The predicted octanol–water partition coefficient (Wildman–Crippen LogP) is 7.74. The summed E-state index contributed by atoms with van der Waals surface area (Å²) >= 11 is 52.1. The van der Waals surface area contributed by atoms with Gasteiger partial charge >= 0.3 is 0 Å². The number of amides is 4. The molecule has 18 heteroatoms. The van der Waals surface area contributed by atoms with E-state index in [1.165, 1.54) is 36.4 Å². The van der Waals surface area contributed by atoms with Crippen LogP contribution in [0, 0.1) is 0 Å². The lowest BCUT2D eigenvalue weighted by atomic mass is 10.1. The van der Waals surface area contributed by atoms with Crippen molar-refractivity contribution in [3.8, 4) is 0 Å². The van der Waals surface area contributed by atoms with E-state index in [1.807, 2.05) is 0 Å². The summed E-state index contributed by atoms with van der Waals surface area (Å²) in [5.41, 5.74) is 0.402. The van der Waals surface area contributed by atoms with Crippen molar-refractivity contribution >= 4 is 116 Å². The summed E-state index contributed by atoms with van der Waals surface area (Å²) in [5.74, 6) is -2.65. The first-order valence-electron chi connectivity index (χ1n) is 13.5. The van der Waals surface area contributed by atoms with Crippen LogP contribution in [0.5, 0.6) is 0 Å². The number of benzene rings is 2. The molecule has 0 spiro atoms. The first-order chi connectivity index (χ1) is 22.8. The molecule has 4 aliphatic rings. The van der Waals surface area contributed by atoms with Gasteiger partial charge in [0, 0.05) is 48.4 Å². The van der Waals surface area contributed by atoms with Crippen LogP contribution in [0.1, 0.15) is 64.2 Å². The smallest absolute Gasteiger partial charge is 0.270 e. The summed E-state index contributed by atoms with van der Waals surface area (Å²) in [6.45, 7) is -0.857. The monoisotopic (exact) mass is 806 g/mol. The molecule has 0 saturated carbocycles. The molecule has 4 aromatic rings. The lowest BCUT2D eigenvalue weighted by Gasteiger charge is -2.17. The van der Waals surface area contributed by atoms with Crippen LogP contribution >= 0.6 is 92.8 Å². The molecule has 6 heterocycles. The second kappa shape index (κ2) is 15.2. The molecule has 2 aromatic heterocycles. The molecular weight excluding hydrogens is 792 g/mol. The van der Waals surface area contributed by atoms with Crippen molar-refractivity contribution in [3.63, 3.8) is 0 Å². The van der Waals surface area contributed by atoms with E-state index in [9.17, 15) is 19.2 Å². The minimum Gasteiger partial charge on any atom is -0.347 e. The maximum Gasteiger partial charge on any atom is 0.270 e. The third-order valence-corrected chi connectivity index (χ3v) is 10.7. The summed E-state index contributed by atoms with van der Waals surface area (Å²) in [5, 5.41) is 10.4. The maximum atomic E-state index is 13.0. The standard InChI is InChI=1S/C30H18Cl8N6O4/c31-19-11-7-39-27(45)15-3-1-4-16(43-15)28(46)40-8-12-21(33)25(37)14(26(38)22(12)34)10-42-30(48)18-6-2-5-17(44-18)29(47)41-9-13(23(19)35)24(36)20(11)32/h1-6H,7-10H2,(H,39,45)(H,40,46)(H,41,47)(H,42,48). The van der Waals surface area contributed by atoms with Gasteiger partial charge in [0.05, 0.1) is 40.2 Å². The molecule has 0 atom stereocenters. The number of carbonyl (C=O) groups excluding carboxylic acids is 4. The van der Waals surface area contributed by atoms with Crippen LogP contribution in [0.4, 0.5) is 0 Å². The Morgan fingerprint density at radius 1 is 0.375 bits per heavy atom. The molecule has 4 N–H and O–H groups in total. The Kier molecular flexibility index (Phi) is 11.5. The molecule has 8 bridgehead atoms. The lowest BCUT2D eigenvalue weighted by Crippen LogP contribution is -2.28. The van der Waals surface area contributed by atoms with E-state index in [0.29, 0.717) is 0 Å². The third kappa shape index (κ3) is 7.41. The Bertz CT molecular complexity index is 1690. The third-order valence-electron chi connectivity index (χ3n) is 7.02. The molecular formula is C30H18Cl8N6O4. The Hall–Kier alpha value is -3.06. The molecule has 2 aromatic carbocycles. The summed E-state index contributed by atoms with van der Waals surface area (Å²) in [6.07, 6.45) is 0. The Labute approximate surface area is 312 Å². The van der Waals surface area contributed by atoms with Gasteiger partial charge in [-0.05, 0) is 24.3 Å². The molecule has 0 saturated heterocycles. The maximum absolute atomic E-state index is 13.0. The zero-order valence-corrected chi connectivity index (χ0v) is 29.9. The zero-order valence-electron chi connectivity index (χ0n) is 23.8. The lowest BCUT2D eigenvalue weighted by molar-refractivity contribution is 0.0925. The number of pyridine rings is 2. The molecule has 0 unspecified atom stereocenters. The van der Waals surface area contributed by atoms with Crippen LogP contribution in [0.15, 0.2) is 36.4 Å². The number of hydrogen-bond acceptors (Lipinski definition) is 6. The molecule has 48 heavy (non-hydrogen) atoms. The summed E-state index contributed by atoms with van der Waals surface area (Å²) < 4.78 is 0. The van der Waals surface area contributed by atoms with E-state index >= 15 is 0 Å². The van der Waals surface area contributed by atoms with Gasteiger partial charge in [-0.15, -0.1) is 0 Å². The average Bonchev–Trinajstić information content (AvgIpc) is 3.09. The van der Waals surface area contributed by atoms with E-state index in [2.05, 4.69) is 31.2 Å². The average molecular weight is 810 g/mol. The Morgan fingerprint density at radius 2 is 0.562 bits per heavy atom. The predicted molar refractivity (Wildman–Crippen MR) is 186 cm³/mol. The van der Waals surface area contributed by atoms with Gasteiger partial charge in [-0.25, -0.2) is 9.97 Å². The molecule has 0 aliphatic carbocycles. The molecule has 0 fully saturated rings. The highest BCUT2D eigenvalue weighted by Crippen LogP contribution is 2.42. The second-order valence-electron chi connectivity index (χ2n) is 9.97. The number of aromatic nitrogens is 2. The van der Waals surface area contributed by atoms with E-state index in [0.717, 1.165) is 0 Å².